The molecule has 0 saturated carbocycles. The topological polar surface area (TPSA) is 101 Å². The molecule has 2 heterocycles. The fourth-order valence-corrected chi connectivity index (χ4v) is 5.40. The Morgan fingerprint density at radius 3 is 3.00 bits per heavy atom. The number of carbonyl (C=O) groups is 1. The van der Waals surface area contributed by atoms with E-state index in [4.69, 9.17) is 5.11 Å². The fraction of sp³-hybridized carbons (Fsp3) is 0.600. The number of aliphatic carboxylic acids is 1. The zero-order chi connectivity index (χ0) is 14.6. The Morgan fingerprint density at radius 1 is 1.55 bits per heavy atom. The van der Waals surface area contributed by atoms with Crippen LogP contribution < -0.4 is 4.72 Å². The standard InChI is InChI=1S/C10H15N3O4S3/c14-10(15)6-13-5-9(4-11-13)20(16,17)12-3-8-7-18-1-2-19-8/h4-5,8,12H,1-3,6-7H2,(H,14,15). The van der Waals surface area contributed by atoms with Crippen LogP contribution in [0.25, 0.3) is 0 Å². The number of sulfonamides is 1. The van der Waals surface area contributed by atoms with Crippen molar-refractivity contribution in [1.29, 1.82) is 0 Å². The number of carboxylic acids is 1. The quantitative estimate of drug-likeness (QED) is 0.759. The Kier molecular flexibility index (Phi) is 5.35. The molecular weight excluding hydrogens is 322 g/mol. The first-order chi connectivity index (χ1) is 9.47. The van der Waals surface area contributed by atoms with E-state index >= 15 is 0 Å². The summed E-state index contributed by atoms with van der Waals surface area (Å²) < 4.78 is 27.7. The first kappa shape index (κ1) is 15.7. The summed E-state index contributed by atoms with van der Waals surface area (Å²) in [6.07, 6.45) is 2.38. The normalized spacial score (nSPS) is 19.9. The van der Waals surface area contributed by atoms with Gasteiger partial charge in [0, 0.05) is 35.3 Å². The SMILES string of the molecule is O=C(O)Cn1cc(S(=O)(=O)NCC2CSCCS2)cn1. The molecule has 2 rings (SSSR count). The Balaban J connectivity index is 1.95. The van der Waals surface area contributed by atoms with Gasteiger partial charge in [-0.3, -0.25) is 9.48 Å². The van der Waals surface area contributed by atoms with Crippen molar-refractivity contribution in [2.24, 2.45) is 0 Å². The molecular formula is C10H15N3O4S3. The van der Waals surface area contributed by atoms with Crippen molar-refractivity contribution in [3.05, 3.63) is 12.4 Å². The minimum Gasteiger partial charge on any atom is -0.480 e. The first-order valence-corrected chi connectivity index (χ1v) is 9.59. The molecule has 20 heavy (non-hydrogen) atoms. The molecule has 1 aromatic rings. The lowest BCUT2D eigenvalue weighted by atomic mass is 10.5. The van der Waals surface area contributed by atoms with Crippen LogP contribution in [0.2, 0.25) is 0 Å². The molecule has 0 spiro atoms. The number of rotatable bonds is 6. The second-order valence-electron chi connectivity index (χ2n) is 4.19. The third-order valence-corrected chi connectivity index (χ3v) is 6.83. The van der Waals surface area contributed by atoms with Crippen LogP contribution in [0.1, 0.15) is 0 Å². The van der Waals surface area contributed by atoms with Crippen LogP contribution in [0.4, 0.5) is 0 Å². The van der Waals surface area contributed by atoms with Crippen molar-refractivity contribution in [3.8, 4) is 0 Å². The maximum absolute atomic E-state index is 12.0. The number of thioether (sulfide) groups is 2. The average molecular weight is 337 g/mol. The van der Waals surface area contributed by atoms with E-state index in [1.807, 2.05) is 11.8 Å². The van der Waals surface area contributed by atoms with Gasteiger partial charge in [-0.1, -0.05) is 0 Å². The van der Waals surface area contributed by atoms with Crippen LogP contribution in [0, 0.1) is 0 Å². The van der Waals surface area contributed by atoms with E-state index in [2.05, 4.69) is 9.82 Å². The zero-order valence-electron chi connectivity index (χ0n) is 10.6. The molecule has 112 valence electrons. The van der Waals surface area contributed by atoms with Gasteiger partial charge in [-0.05, 0) is 0 Å². The molecule has 0 bridgehead atoms. The highest BCUT2D eigenvalue weighted by Gasteiger charge is 2.20. The maximum Gasteiger partial charge on any atom is 0.325 e. The van der Waals surface area contributed by atoms with Crippen LogP contribution in [0.15, 0.2) is 17.3 Å². The summed E-state index contributed by atoms with van der Waals surface area (Å²) in [7, 11) is -3.62. The van der Waals surface area contributed by atoms with Gasteiger partial charge in [-0.15, -0.1) is 0 Å². The van der Waals surface area contributed by atoms with Crippen molar-refractivity contribution in [2.45, 2.75) is 16.7 Å². The van der Waals surface area contributed by atoms with E-state index < -0.39 is 16.0 Å². The molecule has 7 nitrogen and oxygen atoms in total. The molecule has 1 fully saturated rings. The van der Waals surface area contributed by atoms with Crippen molar-refractivity contribution < 1.29 is 18.3 Å². The van der Waals surface area contributed by atoms with Crippen LogP contribution >= 0.6 is 23.5 Å². The van der Waals surface area contributed by atoms with Gasteiger partial charge < -0.3 is 5.11 Å². The first-order valence-electron chi connectivity index (χ1n) is 5.90. The van der Waals surface area contributed by atoms with Gasteiger partial charge >= 0.3 is 5.97 Å². The van der Waals surface area contributed by atoms with E-state index in [0.717, 1.165) is 28.1 Å². The van der Waals surface area contributed by atoms with E-state index in [-0.39, 0.29) is 16.7 Å². The third-order valence-electron chi connectivity index (χ3n) is 2.60. The van der Waals surface area contributed by atoms with Crippen molar-refractivity contribution in [2.75, 3.05) is 23.8 Å². The number of carboxylic acid groups (broad SMARTS) is 1. The summed E-state index contributed by atoms with van der Waals surface area (Å²) in [5.74, 6) is 2.01. The summed E-state index contributed by atoms with van der Waals surface area (Å²) in [5, 5.41) is 12.6. The molecule has 0 aromatic carbocycles. The molecule has 2 N–H and O–H groups in total. The molecule has 1 aliphatic rings. The Bertz CT molecular complexity index is 566. The van der Waals surface area contributed by atoms with Crippen LogP contribution in [-0.2, 0) is 21.4 Å². The monoisotopic (exact) mass is 337 g/mol. The fourth-order valence-electron chi connectivity index (χ4n) is 1.65. The molecule has 1 aromatic heterocycles. The summed E-state index contributed by atoms with van der Waals surface area (Å²) in [5.41, 5.74) is 0. The van der Waals surface area contributed by atoms with Crippen molar-refractivity contribution >= 4 is 39.5 Å². The maximum atomic E-state index is 12.0. The van der Waals surface area contributed by atoms with E-state index in [1.54, 1.807) is 11.8 Å². The largest absolute Gasteiger partial charge is 0.480 e. The zero-order valence-corrected chi connectivity index (χ0v) is 13.0. The van der Waals surface area contributed by atoms with Crippen LogP contribution in [0.3, 0.4) is 0 Å². The molecule has 1 saturated heterocycles. The predicted octanol–water partition coefficient (Wildman–Crippen LogP) is 0.0946. The Morgan fingerprint density at radius 2 is 2.35 bits per heavy atom. The van der Waals surface area contributed by atoms with E-state index in [1.165, 1.54) is 6.20 Å². The number of hydrogen-bond acceptors (Lipinski definition) is 6. The molecule has 1 atom stereocenters. The van der Waals surface area contributed by atoms with Gasteiger partial charge in [-0.2, -0.15) is 28.6 Å². The number of nitrogens with zero attached hydrogens (tertiary/aromatic N) is 2. The summed E-state index contributed by atoms with van der Waals surface area (Å²) in [6, 6.07) is 0. The van der Waals surface area contributed by atoms with E-state index in [9.17, 15) is 13.2 Å². The summed E-state index contributed by atoms with van der Waals surface area (Å²) >= 11 is 3.59. The van der Waals surface area contributed by atoms with Crippen molar-refractivity contribution in [1.82, 2.24) is 14.5 Å². The second kappa shape index (κ2) is 6.83. The highest BCUT2D eigenvalue weighted by Crippen LogP contribution is 2.23. The molecule has 10 heteroatoms. The summed E-state index contributed by atoms with van der Waals surface area (Å²) in [6.45, 7) is 0.0226. The van der Waals surface area contributed by atoms with Crippen LogP contribution in [-0.4, -0.2) is 58.3 Å². The minimum absolute atomic E-state index is 0.00721. The molecule has 0 radical (unpaired) electrons. The lowest BCUT2D eigenvalue weighted by Gasteiger charge is -2.20. The minimum atomic E-state index is -3.62. The highest BCUT2D eigenvalue weighted by molar-refractivity contribution is 8.06. The average Bonchev–Trinajstić information content (AvgIpc) is 2.86. The Labute approximate surface area is 125 Å². The van der Waals surface area contributed by atoms with Gasteiger partial charge in [0.15, 0.2) is 0 Å². The predicted molar refractivity (Wildman–Crippen MR) is 78.6 cm³/mol. The second-order valence-corrected chi connectivity index (χ2v) is 8.51. The highest BCUT2D eigenvalue weighted by atomic mass is 32.2. The number of aromatic nitrogens is 2. The van der Waals surface area contributed by atoms with Gasteiger partial charge in [0.2, 0.25) is 10.0 Å². The van der Waals surface area contributed by atoms with Gasteiger partial charge in [0.05, 0.1) is 6.20 Å². The van der Waals surface area contributed by atoms with Gasteiger partial charge in [-0.25, -0.2) is 13.1 Å². The molecule has 0 amide bonds. The van der Waals surface area contributed by atoms with Gasteiger partial charge in [0.25, 0.3) is 0 Å². The molecule has 1 aliphatic heterocycles. The lowest BCUT2D eigenvalue weighted by molar-refractivity contribution is -0.137. The van der Waals surface area contributed by atoms with Crippen LogP contribution in [0.5, 0.6) is 0 Å². The van der Waals surface area contributed by atoms with E-state index in [0.29, 0.717) is 6.54 Å². The smallest absolute Gasteiger partial charge is 0.325 e. The third kappa shape index (κ3) is 4.40. The molecule has 0 aliphatic carbocycles. The van der Waals surface area contributed by atoms with Crippen molar-refractivity contribution in [3.63, 3.8) is 0 Å². The number of nitrogens with one attached hydrogen (secondary N) is 1. The molecule has 1 unspecified atom stereocenters. The summed E-state index contributed by atoms with van der Waals surface area (Å²) in [4.78, 5) is 10.5. The van der Waals surface area contributed by atoms with Gasteiger partial charge in [0.1, 0.15) is 11.4 Å². The lowest BCUT2D eigenvalue weighted by Crippen LogP contribution is -2.33. The Hall–Kier alpha value is -0.710. The number of hydrogen-bond donors (Lipinski definition) is 2.